The number of rotatable bonds is 4. The van der Waals surface area contributed by atoms with Crippen molar-refractivity contribution in [3.63, 3.8) is 0 Å². The van der Waals surface area contributed by atoms with E-state index in [9.17, 15) is 5.11 Å². The maximum Gasteiger partial charge on any atom is 0.0642 e. The number of ether oxygens (including phenoxy) is 1. The molecule has 1 aromatic rings. The van der Waals surface area contributed by atoms with Crippen LogP contribution in [0.25, 0.3) is 0 Å². The first-order valence-electron chi connectivity index (χ1n) is 6.35. The van der Waals surface area contributed by atoms with Crippen LogP contribution in [0, 0.1) is 0 Å². The van der Waals surface area contributed by atoms with Gasteiger partial charge < -0.3 is 14.7 Å². The van der Waals surface area contributed by atoms with Crippen LogP contribution < -0.4 is 4.90 Å². The lowest BCUT2D eigenvalue weighted by atomic mass is 10.1. The minimum atomic E-state index is -0.214. The number of aryl methyl sites for hydroxylation is 1. The van der Waals surface area contributed by atoms with Crippen molar-refractivity contribution >= 4 is 5.69 Å². The van der Waals surface area contributed by atoms with Crippen LogP contribution in [-0.2, 0) is 11.2 Å². The maximum atomic E-state index is 9.25. The molecule has 3 heteroatoms. The summed E-state index contributed by atoms with van der Waals surface area (Å²) in [6.07, 6.45) is 1.56. The molecule has 1 saturated heterocycles. The second-order valence-corrected chi connectivity index (χ2v) is 4.65. The summed E-state index contributed by atoms with van der Waals surface area (Å²) < 4.78 is 5.34. The van der Waals surface area contributed by atoms with Crippen molar-refractivity contribution in [1.29, 1.82) is 0 Å². The van der Waals surface area contributed by atoms with E-state index < -0.39 is 0 Å². The number of aliphatic hydroxyl groups excluding tert-OH is 1. The molecule has 3 nitrogen and oxygen atoms in total. The summed E-state index contributed by atoms with van der Waals surface area (Å²) in [5.41, 5.74) is 2.57. The van der Waals surface area contributed by atoms with E-state index in [4.69, 9.17) is 4.74 Å². The first-order chi connectivity index (χ1) is 8.25. The minimum Gasteiger partial charge on any atom is -0.393 e. The minimum absolute atomic E-state index is 0.214. The van der Waals surface area contributed by atoms with Crippen LogP contribution in [0.2, 0.25) is 0 Å². The van der Waals surface area contributed by atoms with Gasteiger partial charge in [0.2, 0.25) is 0 Å². The monoisotopic (exact) mass is 235 g/mol. The molecular formula is C14H21NO2. The fourth-order valence-electron chi connectivity index (χ4n) is 2.07. The average molecular weight is 235 g/mol. The van der Waals surface area contributed by atoms with Crippen LogP contribution in [0.15, 0.2) is 24.3 Å². The van der Waals surface area contributed by atoms with E-state index in [-0.39, 0.29) is 6.10 Å². The molecule has 0 saturated carbocycles. The smallest absolute Gasteiger partial charge is 0.0642 e. The second-order valence-electron chi connectivity index (χ2n) is 4.65. The van der Waals surface area contributed by atoms with Crippen LogP contribution >= 0.6 is 0 Å². The van der Waals surface area contributed by atoms with E-state index >= 15 is 0 Å². The highest BCUT2D eigenvalue weighted by molar-refractivity contribution is 5.47. The van der Waals surface area contributed by atoms with E-state index in [0.29, 0.717) is 0 Å². The van der Waals surface area contributed by atoms with Gasteiger partial charge >= 0.3 is 0 Å². The summed E-state index contributed by atoms with van der Waals surface area (Å²) in [6, 6.07) is 8.66. The number of anilines is 1. The highest BCUT2D eigenvalue weighted by atomic mass is 16.5. The second kappa shape index (κ2) is 6.03. The van der Waals surface area contributed by atoms with Crippen LogP contribution in [0.1, 0.15) is 18.9 Å². The third-order valence-electron chi connectivity index (χ3n) is 3.16. The Balaban J connectivity index is 1.92. The summed E-state index contributed by atoms with van der Waals surface area (Å²) in [4.78, 5) is 2.35. The molecule has 0 aromatic heterocycles. The van der Waals surface area contributed by atoms with Gasteiger partial charge in [0.05, 0.1) is 19.3 Å². The van der Waals surface area contributed by atoms with Gasteiger partial charge in [0.1, 0.15) is 0 Å². The largest absolute Gasteiger partial charge is 0.393 e. The van der Waals surface area contributed by atoms with Gasteiger partial charge in [0, 0.05) is 18.8 Å². The van der Waals surface area contributed by atoms with E-state index in [2.05, 4.69) is 29.2 Å². The number of nitrogens with zero attached hydrogens (tertiary/aromatic N) is 1. The SMILES string of the molecule is C[C@H](O)CCc1ccc(N2CCOCC2)cc1. The third-order valence-corrected chi connectivity index (χ3v) is 3.16. The summed E-state index contributed by atoms with van der Waals surface area (Å²) in [5.74, 6) is 0. The molecule has 1 atom stereocenters. The molecule has 0 radical (unpaired) electrons. The first-order valence-corrected chi connectivity index (χ1v) is 6.35. The molecule has 0 aliphatic carbocycles. The Bertz CT molecular complexity index is 329. The maximum absolute atomic E-state index is 9.25. The molecule has 1 heterocycles. The molecule has 17 heavy (non-hydrogen) atoms. The number of aliphatic hydroxyl groups is 1. The Labute approximate surface area is 103 Å². The molecule has 0 bridgehead atoms. The lowest BCUT2D eigenvalue weighted by Crippen LogP contribution is -2.36. The Morgan fingerprint density at radius 3 is 2.47 bits per heavy atom. The van der Waals surface area contributed by atoms with Crippen LogP contribution in [0.4, 0.5) is 5.69 Å². The van der Waals surface area contributed by atoms with Gasteiger partial charge in [-0.15, -0.1) is 0 Å². The third kappa shape index (κ3) is 3.72. The zero-order chi connectivity index (χ0) is 12.1. The Morgan fingerprint density at radius 1 is 1.24 bits per heavy atom. The predicted molar refractivity (Wildman–Crippen MR) is 69.5 cm³/mol. The van der Waals surface area contributed by atoms with E-state index in [0.717, 1.165) is 39.1 Å². The highest BCUT2D eigenvalue weighted by Crippen LogP contribution is 2.17. The molecule has 0 amide bonds. The quantitative estimate of drug-likeness (QED) is 0.864. The number of morpholine rings is 1. The van der Waals surface area contributed by atoms with Crippen molar-refractivity contribution in [2.75, 3.05) is 31.2 Å². The Kier molecular flexibility index (Phi) is 4.40. The summed E-state index contributed by atoms with van der Waals surface area (Å²) in [6.45, 7) is 5.44. The molecule has 94 valence electrons. The van der Waals surface area contributed by atoms with E-state index in [1.807, 2.05) is 6.92 Å². The molecule has 1 aliphatic rings. The van der Waals surface area contributed by atoms with Crippen molar-refractivity contribution in [2.45, 2.75) is 25.9 Å². The lowest BCUT2D eigenvalue weighted by molar-refractivity contribution is 0.122. The van der Waals surface area contributed by atoms with Crippen molar-refractivity contribution in [3.05, 3.63) is 29.8 Å². The predicted octanol–water partition coefficient (Wildman–Crippen LogP) is 1.84. The number of hydrogen-bond donors (Lipinski definition) is 1. The van der Waals surface area contributed by atoms with Gasteiger partial charge in [0.25, 0.3) is 0 Å². The average Bonchev–Trinajstić information content (AvgIpc) is 2.38. The van der Waals surface area contributed by atoms with Gasteiger partial charge in [-0.05, 0) is 37.5 Å². The number of benzene rings is 1. The fourth-order valence-corrected chi connectivity index (χ4v) is 2.07. The van der Waals surface area contributed by atoms with Gasteiger partial charge in [-0.3, -0.25) is 0 Å². The van der Waals surface area contributed by atoms with E-state index in [1.165, 1.54) is 11.3 Å². The van der Waals surface area contributed by atoms with Crippen molar-refractivity contribution in [2.24, 2.45) is 0 Å². The summed E-state index contributed by atoms with van der Waals surface area (Å²) in [5, 5.41) is 9.25. The fraction of sp³-hybridized carbons (Fsp3) is 0.571. The van der Waals surface area contributed by atoms with Crippen LogP contribution in [-0.4, -0.2) is 37.5 Å². The van der Waals surface area contributed by atoms with Crippen molar-refractivity contribution in [3.8, 4) is 0 Å². The molecule has 0 unspecified atom stereocenters. The molecule has 1 N–H and O–H groups in total. The van der Waals surface area contributed by atoms with Crippen LogP contribution in [0.5, 0.6) is 0 Å². The summed E-state index contributed by atoms with van der Waals surface area (Å²) in [7, 11) is 0. The van der Waals surface area contributed by atoms with Gasteiger partial charge in [-0.1, -0.05) is 12.1 Å². The molecule has 1 aromatic carbocycles. The molecule has 1 fully saturated rings. The van der Waals surface area contributed by atoms with Crippen molar-refractivity contribution in [1.82, 2.24) is 0 Å². The normalized spacial score (nSPS) is 18.1. The lowest BCUT2D eigenvalue weighted by Gasteiger charge is -2.28. The standard InChI is InChI=1S/C14H21NO2/c1-12(16)2-3-13-4-6-14(7-5-13)15-8-10-17-11-9-15/h4-7,12,16H,2-3,8-11H2,1H3/t12-/m0/s1. The van der Waals surface area contributed by atoms with E-state index in [1.54, 1.807) is 0 Å². The van der Waals surface area contributed by atoms with Gasteiger partial charge in [0.15, 0.2) is 0 Å². The first kappa shape index (κ1) is 12.4. The highest BCUT2D eigenvalue weighted by Gasteiger charge is 2.10. The topological polar surface area (TPSA) is 32.7 Å². The zero-order valence-electron chi connectivity index (χ0n) is 10.4. The summed E-state index contributed by atoms with van der Waals surface area (Å²) >= 11 is 0. The number of hydrogen-bond acceptors (Lipinski definition) is 3. The molecule has 1 aliphatic heterocycles. The Hall–Kier alpha value is -1.06. The Morgan fingerprint density at radius 2 is 1.88 bits per heavy atom. The molecule has 2 rings (SSSR count). The van der Waals surface area contributed by atoms with Crippen LogP contribution in [0.3, 0.4) is 0 Å². The zero-order valence-corrected chi connectivity index (χ0v) is 10.4. The van der Waals surface area contributed by atoms with Gasteiger partial charge in [-0.2, -0.15) is 0 Å². The molecular weight excluding hydrogens is 214 g/mol. The van der Waals surface area contributed by atoms with Gasteiger partial charge in [-0.25, -0.2) is 0 Å². The molecule has 0 spiro atoms. The van der Waals surface area contributed by atoms with Crippen molar-refractivity contribution < 1.29 is 9.84 Å².